The summed E-state index contributed by atoms with van der Waals surface area (Å²) < 4.78 is 24.3. The molecule has 112 valence electrons. The summed E-state index contributed by atoms with van der Waals surface area (Å²) in [7, 11) is 3.26. The lowest BCUT2D eigenvalue weighted by atomic mass is 10.1. The number of nitrogens with one attached hydrogen (secondary N) is 1. The lowest BCUT2D eigenvalue weighted by molar-refractivity contribution is 0.109. The van der Waals surface area contributed by atoms with Crippen LogP contribution in [-0.4, -0.2) is 51.3 Å². The first kappa shape index (κ1) is 16.6. The standard InChI is InChI=1S/C14H22FN3O2/c1-19-8-6-18(7-9-20-2)10-11-4-3-5-12(13(11)15)14(16)17/h3-5H,6-10H2,1-2H3,(H3,16,17). The van der Waals surface area contributed by atoms with Crippen LogP contribution in [0.15, 0.2) is 18.2 Å². The number of nitrogen functional groups attached to an aromatic ring is 1. The number of nitrogens with zero attached hydrogens (tertiary/aromatic N) is 1. The number of benzene rings is 1. The molecule has 0 atom stereocenters. The van der Waals surface area contributed by atoms with Crippen molar-refractivity contribution >= 4 is 5.84 Å². The van der Waals surface area contributed by atoms with Crippen molar-refractivity contribution < 1.29 is 13.9 Å². The maximum Gasteiger partial charge on any atom is 0.138 e. The van der Waals surface area contributed by atoms with Gasteiger partial charge >= 0.3 is 0 Å². The Morgan fingerprint density at radius 2 is 1.85 bits per heavy atom. The Hall–Kier alpha value is -1.50. The second kappa shape index (κ2) is 8.63. The third kappa shape index (κ3) is 4.88. The van der Waals surface area contributed by atoms with Gasteiger partial charge in [0.1, 0.15) is 11.7 Å². The molecule has 3 N–H and O–H groups in total. The van der Waals surface area contributed by atoms with E-state index in [-0.39, 0.29) is 11.4 Å². The maximum atomic E-state index is 14.2. The summed E-state index contributed by atoms with van der Waals surface area (Å²) in [6.45, 7) is 2.93. The zero-order chi connectivity index (χ0) is 15.0. The van der Waals surface area contributed by atoms with E-state index < -0.39 is 5.82 Å². The molecule has 1 rings (SSSR count). The molecule has 0 aliphatic carbocycles. The molecule has 0 aliphatic heterocycles. The van der Waals surface area contributed by atoms with Crippen molar-refractivity contribution in [2.24, 2.45) is 5.73 Å². The van der Waals surface area contributed by atoms with Gasteiger partial charge in [-0.25, -0.2) is 4.39 Å². The minimum absolute atomic E-state index is 0.140. The summed E-state index contributed by atoms with van der Waals surface area (Å²) in [5, 5.41) is 7.36. The second-order valence-corrected chi connectivity index (χ2v) is 4.45. The van der Waals surface area contributed by atoms with Crippen LogP contribution in [0.25, 0.3) is 0 Å². The monoisotopic (exact) mass is 283 g/mol. The van der Waals surface area contributed by atoms with Crippen LogP contribution in [0.5, 0.6) is 0 Å². The van der Waals surface area contributed by atoms with E-state index in [0.717, 1.165) is 0 Å². The van der Waals surface area contributed by atoms with Crippen LogP contribution in [0.2, 0.25) is 0 Å². The van der Waals surface area contributed by atoms with Gasteiger partial charge in [-0.2, -0.15) is 0 Å². The second-order valence-electron chi connectivity index (χ2n) is 4.45. The summed E-state index contributed by atoms with van der Waals surface area (Å²) in [5.41, 5.74) is 6.02. The fraction of sp³-hybridized carbons (Fsp3) is 0.500. The van der Waals surface area contributed by atoms with Gasteiger partial charge in [-0.15, -0.1) is 0 Å². The van der Waals surface area contributed by atoms with Crippen molar-refractivity contribution in [2.45, 2.75) is 6.54 Å². The van der Waals surface area contributed by atoms with Gasteiger partial charge in [0.05, 0.1) is 18.8 Å². The van der Waals surface area contributed by atoms with Crippen molar-refractivity contribution in [3.63, 3.8) is 0 Å². The van der Waals surface area contributed by atoms with Crippen molar-refractivity contribution in [2.75, 3.05) is 40.5 Å². The topological polar surface area (TPSA) is 71.6 Å². The fourth-order valence-corrected chi connectivity index (χ4v) is 1.86. The molecule has 0 unspecified atom stereocenters. The van der Waals surface area contributed by atoms with E-state index in [0.29, 0.717) is 38.4 Å². The Bertz CT molecular complexity index is 432. The highest BCUT2D eigenvalue weighted by Crippen LogP contribution is 2.14. The molecule has 0 fully saturated rings. The molecule has 0 spiro atoms. The third-order valence-corrected chi connectivity index (χ3v) is 2.99. The Kier molecular flexibility index (Phi) is 7.14. The fourth-order valence-electron chi connectivity index (χ4n) is 1.86. The van der Waals surface area contributed by atoms with Gasteiger partial charge in [0.25, 0.3) is 0 Å². The summed E-state index contributed by atoms with van der Waals surface area (Å²) in [5.74, 6) is -0.690. The Balaban J connectivity index is 2.81. The molecule has 0 bridgehead atoms. The number of rotatable bonds is 9. The normalized spacial score (nSPS) is 11.0. The molecule has 0 saturated carbocycles. The first-order valence-corrected chi connectivity index (χ1v) is 6.42. The molecule has 0 aliphatic rings. The zero-order valence-corrected chi connectivity index (χ0v) is 12.0. The molecule has 0 heterocycles. The molecule has 1 aromatic rings. The molecule has 5 nitrogen and oxygen atoms in total. The first-order valence-electron chi connectivity index (χ1n) is 6.42. The molecule has 0 radical (unpaired) electrons. The number of hydrogen-bond acceptors (Lipinski definition) is 4. The van der Waals surface area contributed by atoms with E-state index in [1.807, 2.05) is 4.90 Å². The third-order valence-electron chi connectivity index (χ3n) is 2.99. The summed E-state index contributed by atoms with van der Waals surface area (Å²) in [6.07, 6.45) is 0. The minimum Gasteiger partial charge on any atom is -0.384 e. The highest BCUT2D eigenvalue weighted by molar-refractivity contribution is 5.95. The van der Waals surface area contributed by atoms with Crippen LogP contribution in [0, 0.1) is 11.2 Å². The molecule has 20 heavy (non-hydrogen) atoms. The van der Waals surface area contributed by atoms with Gasteiger partial charge in [0.15, 0.2) is 0 Å². The van der Waals surface area contributed by atoms with Gasteiger partial charge in [0.2, 0.25) is 0 Å². The van der Waals surface area contributed by atoms with E-state index in [2.05, 4.69) is 0 Å². The highest BCUT2D eigenvalue weighted by atomic mass is 19.1. The lowest BCUT2D eigenvalue weighted by Gasteiger charge is -2.22. The number of ether oxygens (including phenoxy) is 2. The smallest absolute Gasteiger partial charge is 0.138 e. The molecule has 0 saturated heterocycles. The number of nitrogens with two attached hydrogens (primary N) is 1. The zero-order valence-electron chi connectivity index (χ0n) is 12.0. The van der Waals surface area contributed by atoms with Crippen LogP contribution in [0.4, 0.5) is 4.39 Å². The van der Waals surface area contributed by atoms with Gasteiger partial charge < -0.3 is 15.2 Å². The molecule has 1 aromatic carbocycles. The van der Waals surface area contributed by atoms with E-state index in [4.69, 9.17) is 20.6 Å². The van der Waals surface area contributed by atoms with E-state index in [1.165, 1.54) is 6.07 Å². The van der Waals surface area contributed by atoms with Gasteiger partial charge in [-0.05, 0) is 6.07 Å². The van der Waals surface area contributed by atoms with Crippen LogP contribution >= 0.6 is 0 Å². The lowest BCUT2D eigenvalue weighted by Crippen LogP contribution is -2.31. The molecule has 0 amide bonds. The molecule has 0 aromatic heterocycles. The quantitative estimate of drug-likeness (QED) is 0.528. The maximum absolute atomic E-state index is 14.2. The van der Waals surface area contributed by atoms with E-state index in [1.54, 1.807) is 26.4 Å². The van der Waals surface area contributed by atoms with Gasteiger partial charge in [-0.1, -0.05) is 12.1 Å². The molecular formula is C14H22FN3O2. The van der Waals surface area contributed by atoms with Crippen LogP contribution in [0.3, 0.4) is 0 Å². The van der Waals surface area contributed by atoms with Crippen LogP contribution < -0.4 is 5.73 Å². The summed E-state index contributed by atoms with van der Waals surface area (Å²) in [6, 6.07) is 4.92. The Morgan fingerprint density at radius 3 is 2.35 bits per heavy atom. The van der Waals surface area contributed by atoms with Gasteiger partial charge in [-0.3, -0.25) is 10.3 Å². The number of halogens is 1. The summed E-state index contributed by atoms with van der Waals surface area (Å²) in [4.78, 5) is 2.04. The number of hydrogen-bond donors (Lipinski definition) is 2. The SMILES string of the molecule is COCCN(CCOC)Cc1cccc(C(=N)N)c1F. The first-order chi connectivity index (χ1) is 9.60. The predicted molar refractivity (Wildman–Crippen MR) is 76.4 cm³/mol. The molecular weight excluding hydrogens is 261 g/mol. The van der Waals surface area contributed by atoms with Crippen molar-refractivity contribution in [3.8, 4) is 0 Å². The van der Waals surface area contributed by atoms with E-state index in [9.17, 15) is 4.39 Å². The summed E-state index contributed by atoms with van der Waals surface area (Å²) >= 11 is 0. The van der Waals surface area contributed by atoms with Crippen molar-refractivity contribution in [1.82, 2.24) is 4.90 Å². The average molecular weight is 283 g/mol. The Morgan fingerprint density at radius 1 is 1.25 bits per heavy atom. The predicted octanol–water partition coefficient (Wildman–Crippen LogP) is 1.20. The molecule has 6 heteroatoms. The van der Waals surface area contributed by atoms with Crippen LogP contribution in [0.1, 0.15) is 11.1 Å². The minimum atomic E-state index is -0.431. The van der Waals surface area contributed by atoms with Crippen molar-refractivity contribution in [3.05, 3.63) is 35.1 Å². The van der Waals surface area contributed by atoms with Crippen molar-refractivity contribution in [1.29, 1.82) is 5.41 Å². The van der Waals surface area contributed by atoms with Crippen LogP contribution in [-0.2, 0) is 16.0 Å². The van der Waals surface area contributed by atoms with Gasteiger partial charge in [0, 0.05) is 39.4 Å². The Labute approximate surface area is 119 Å². The number of amidine groups is 1. The highest BCUT2D eigenvalue weighted by Gasteiger charge is 2.13. The largest absolute Gasteiger partial charge is 0.384 e. The van der Waals surface area contributed by atoms with E-state index >= 15 is 0 Å². The average Bonchev–Trinajstić information content (AvgIpc) is 2.43. The number of methoxy groups -OCH3 is 2.